The van der Waals surface area contributed by atoms with E-state index in [-0.39, 0.29) is 5.69 Å². The first-order valence-electron chi connectivity index (χ1n) is 7.62. The average molecular weight is 332 g/mol. The molecule has 1 amide bonds. The van der Waals surface area contributed by atoms with Crippen LogP contribution in [0.4, 0.5) is 0 Å². The molecular weight excluding hydrogens is 312 g/mol. The molecule has 0 saturated heterocycles. The average Bonchev–Trinajstić information content (AvgIpc) is 2.60. The summed E-state index contributed by atoms with van der Waals surface area (Å²) in [6.45, 7) is 2.44. The van der Waals surface area contributed by atoms with Gasteiger partial charge in [-0.1, -0.05) is 13.3 Å². The van der Waals surface area contributed by atoms with Crippen molar-refractivity contribution in [3.8, 4) is 11.4 Å². The molecular formula is C16H20N4O4. The van der Waals surface area contributed by atoms with E-state index >= 15 is 0 Å². The molecule has 128 valence electrons. The SMILES string of the molecule is CCCCNC(=O)c1nn(-c2ccc(OC)cc2)c(=O)n(C)c1=O. The third-order valence-electron chi connectivity index (χ3n) is 3.52. The van der Waals surface area contributed by atoms with Gasteiger partial charge in [0.2, 0.25) is 5.69 Å². The zero-order valence-electron chi connectivity index (χ0n) is 13.9. The van der Waals surface area contributed by atoms with Crippen LogP contribution in [0.15, 0.2) is 33.9 Å². The highest BCUT2D eigenvalue weighted by molar-refractivity contribution is 5.91. The van der Waals surface area contributed by atoms with Crippen molar-refractivity contribution in [2.75, 3.05) is 13.7 Å². The zero-order chi connectivity index (χ0) is 17.7. The third kappa shape index (κ3) is 3.53. The molecule has 1 heterocycles. The first-order chi connectivity index (χ1) is 11.5. The van der Waals surface area contributed by atoms with Crippen LogP contribution in [0, 0.1) is 0 Å². The second kappa shape index (κ2) is 7.58. The standard InChI is InChI=1S/C16H20N4O4/c1-4-5-10-17-14(21)13-15(22)19(2)16(23)20(18-13)11-6-8-12(24-3)9-7-11/h6-9H,4-5,10H2,1-3H3,(H,17,21). The fraction of sp³-hybridized carbons (Fsp3) is 0.375. The molecule has 0 aliphatic carbocycles. The Bertz CT molecular complexity index is 837. The minimum absolute atomic E-state index is 0.316. The number of aromatic nitrogens is 3. The van der Waals surface area contributed by atoms with Crippen molar-refractivity contribution in [1.29, 1.82) is 0 Å². The highest BCUT2D eigenvalue weighted by atomic mass is 16.5. The molecule has 0 aliphatic heterocycles. The molecule has 1 N–H and O–H groups in total. The fourth-order valence-corrected chi connectivity index (χ4v) is 2.07. The van der Waals surface area contributed by atoms with Gasteiger partial charge in [0.05, 0.1) is 12.8 Å². The van der Waals surface area contributed by atoms with Crippen molar-refractivity contribution in [3.05, 3.63) is 50.8 Å². The Morgan fingerprint density at radius 1 is 1.25 bits per heavy atom. The molecule has 8 heteroatoms. The molecule has 0 unspecified atom stereocenters. The monoisotopic (exact) mass is 332 g/mol. The molecule has 2 rings (SSSR count). The van der Waals surface area contributed by atoms with Crippen LogP contribution in [0.5, 0.6) is 5.75 Å². The highest BCUT2D eigenvalue weighted by Crippen LogP contribution is 2.12. The molecule has 1 aromatic heterocycles. The van der Waals surface area contributed by atoms with Crippen LogP contribution >= 0.6 is 0 Å². The number of benzene rings is 1. The van der Waals surface area contributed by atoms with E-state index in [2.05, 4.69) is 10.4 Å². The van der Waals surface area contributed by atoms with Crippen molar-refractivity contribution in [1.82, 2.24) is 19.7 Å². The molecule has 0 atom stereocenters. The van der Waals surface area contributed by atoms with Gasteiger partial charge in [0.25, 0.3) is 11.5 Å². The molecule has 0 fully saturated rings. The Labute approximate surface area is 138 Å². The van der Waals surface area contributed by atoms with Crippen LogP contribution in [-0.4, -0.2) is 33.9 Å². The predicted octanol–water partition coefficient (Wildman–Crippen LogP) is 0.470. The van der Waals surface area contributed by atoms with Crippen molar-refractivity contribution in [2.24, 2.45) is 7.05 Å². The van der Waals surface area contributed by atoms with Crippen LogP contribution in [-0.2, 0) is 7.05 Å². The topological polar surface area (TPSA) is 95.2 Å². The Kier molecular flexibility index (Phi) is 5.51. The summed E-state index contributed by atoms with van der Waals surface area (Å²) in [5, 5.41) is 6.59. The Hall–Kier alpha value is -2.90. The summed E-state index contributed by atoms with van der Waals surface area (Å²) in [7, 11) is 2.85. The summed E-state index contributed by atoms with van der Waals surface area (Å²) in [5.74, 6) is 0.0282. The maximum absolute atomic E-state index is 12.3. The van der Waals surface area contributed by atoms with E-state index in [1.807, 2.05) is 6.92 Å². The summed E-state index contributed by atoms with van der Waals surface area (Å²) in [6, 6.07) is 6.57. The molecule has 24 heavy (non-hydrogen) atoms. The van der Waals surface area contributed by atoms with Crippen molar-refractivity contribution in [3.63, 3.8) is 0 Å². The molecule has 0 bridgehead atoms. The van der Waals surface area contributed by atoms with Crippen LogP contribution in [0.25, 0.3) is 5.69 Å². The van der Waals surface area contributed by atoms with Crippen LogP contribution in [0.3, 0.4) is 0 Å². The van der Waals surface area contributed by atoms with Crippen molar-refractivity contribution in [2.45, 2.75) is 19.8 Å². The predicted molar refractivity (Wildman–Crippen MR) is 88.9 cm³/mol. The van der Waals surface area contributed by atoms with Crippen molar-refractivity contribution < 1.29 is 9.53 Å². The van der Waals surface area contributed by atoms with Gasteiger partial charge in [-0.3, -0.25) is 14.2 Å². The first-order valence-corrected chi connectivity index (χ1v) is 7.62. The summed E-state index contributed by atoms with van der Waals surface area (Å²) >= 11 is 0. The number of hydrogen-bond acceptors (Lipinski definition) is 5. The maximum Gasteiger partial charge on any atom is 0.351 e. The number of rotatable bonds is 6. The zero-order valence-corrected chi connectivity index (χ0v) is 13.9. The Morgan fingerprint density at radius 3 is 2.50 bits per heavy atom. The van der Waals surface area contributed by atoms with Crippen molar-refractivity contribution >= 4 is 5.91 Å². The third-order valence-corrected chi connectivity index (χ3v) is 3.52. The van der Waals surface area contributed by atoms with E-state index < -0.39 is 17.2 Å². The normalized spacial score (nSPS) is 10.5. The van der Waals surface area contributed by atoms with Crippen LogP contribution in [0.1, 0.15) is 30.3 Å². The lowest BCUT2D eigenvalue weighted by Gasteiger charge is -2.10. The van der Waals surface area contributed by atoms with Gasteiger partial charge in [0.1, 0.15) is 5.75 Å². The van der Waals surface area contributed by atoms with Gasteiger partial charge in [-0.05, 0) is 30.7 Å². The van der Waals surface area contributed by atoms with Gasteiger partial charge in [-0.15, -0.1) is 0 Å². The van der Waals surface area contributed by atoms with E-state index in [1.165, 1.54) is 14.2 Å². The molecule has 2 aromatic rings. The van der Waals surface area contributed by atoms with E-state index in [0.29, 0.717) is 18.0 Å². The smallest absolute Gasteiger partial charge is 0.351 e. The van der Waals surface area contributed by atoms with E-state index in [0.717, 1.165) is 22.1 Å². The Balaban J connectivity index is 2.47. The fourth-order valence-electron chi connectivity index (χ4n) is 2.07. The number of hydrogen-bond donors (Lipinski definition) is 1. The lowest BCUT2D eigenvalue weighted by molar-refractivity contribution is 0.0943. The van der Waals surface area contributed by atoms with Gasteiger partial charge >= 0.3 is 5.69 Å². The van der Waals surface area contributed by atoms with Gasteiger partial charge < -0.3 is 10.1 Å². The molecule has 0 radical (unpaired) electrons. The summed E-state index contributed by atoms with van der Waals surface area (Å²) in [6.07, 6.45) is 1.71. The minimum Gasteiger partial charge on any atom is -0.497 e. The number of methoxy groups -OCH3 is 1. The molecule has 1 aromatic carbocycles. The largest absolute Gasteiger partial charge is 0.497 e. The van der Waals surface area contributed by atoms with E-state index in [9.17, 15) is 14.4 Å². The number of nitrogens with zero attached hydrogens (tertiary/aromatic N) is 3. The second-order valence-electron chi connectivity index (χ2n) is 5.21. The van der Waals surface area contributed by atoms with Gasteiger partial charge in [-0.2, -0.15) is 9.78 Å². The number of carbonyl (C=O) groups is 1. The second-order valence-corrected chi connectivity index (χ2v) is 5.21. The van der Waals surface area contributed by atoms with Crippen LogP contribution < -0.4 is 21.3 Å². The summed E-state index contributed by atoms with van der Waals surface area (Å²) in [4.78, 5) is 36.6. The number of ether oxygens (including phenoxy) is 1. The summed E-state index contributed by atoms with van der Waals surface area (Å²) < 4.78 is 6.96. The van der Waals surface area contributed by atoms with Gasteiger partial charge in [0, 0.05) is 13.6 Å². The quantitative estimate of drug-likeness (QED) is 0.776. The highest BCUT2D eigenvalue weighted by Gasteiger charge is 2.18. The summed E-state index contributed by atoms with van der Waals surface area (Å²) in [5.41, 5.74) is -1.24. The van der Waals surface area contributed by atoms with E-state index in [4.69, 9.17) is 4.74 Å². The van der Waals surface area contributed by atoms with Gasteiger partial charge in [-0.25, -0.2) is 4.79 Å². The lowest BCUT2D eigenvalue weighted by atomic mass is 10.3. The van der Waals surface area contributed by atoms with Crippen LogP contribution in [0.2, 0.25) is 0 Å². The van der Waals surface area contributed by atoms with E-state index in [1.54, 1.807) is 24.3 Å². The lowest BCUT2D eigenvalue weighted by Crippen LogP contribution is -2.44. The molecule has 0 saturated carbocycles. The molecule has 0 aliphatic rings. The molecule has 8 nitrogen and oxygen atoms in total. The maximum atomic E-state index is 12.3. The number of unbranched alkanes of at least 4 members (excludes halogenated alkanes) is 1. The number of nitrogens with one attached hydrogen (secondary N) is 1. The molecule has 0 spiro atoms. The Morgan fingerprint density at radius 2 is 1.92 bits per heavy atom. The number of carbonyl (C=O) groups excluding carboxylic acids is 1. The van der Waals surface area contributed by atoms with Gasteiger partial charge in [0.15, 0.2) is 0 Å². The first kappa shape index (κ1) is 17.5. The minimum atomic E-state index is -0.723. The number of amides is 1.